The number of ether oxygens (including phenoxy) is 1. The van der Waals surface area contributed by atoms with E-state index < -0.39 is 0 Å². The molecule has 1 unspecified atom stereocenters. The zero-order chi connectivity index (χ0) is 11.7. The fourth-order valence-electron chi connectivity index (χ4n) is 2.87. The van der Waals surface area contributed by atoms with E-state index in [1.165, 1.54) is 22.3 Å². The van der Waals surface area contributed by atoms with Gasteiger partial charge in [0.05, 0.1) is 0 Å². The summed E-state index contributed by atoms with van der Waals surface area (Å²) in [7, 11) is 0. The summed E-state index contributed by atoms with van der Waals surface area (Å²) in [5.41, 5.74) is 5.37. The summed E-state index contributed by atoms with van der Waals surface area (Å²) < 4.78 is 4.98. The maximum Gasteiger partial charge on any atom is 0.293 e. The van der Waals surface area contributed by atoms with Gasteiger partial charge in [-0.2, -0.15) is 0 Å². The molecule has 0 radical (unpaired) electrons. The van der Waals surface area contributed by atoms with Crippen molar-refractivity contribution in [1.29, 1.82) is 0 Å². The van der Waals surface area contributed by atoms with Crippen LogP contribution in [0.4, 0.5) is 0 Å². The van der Waals surface area contributed by atoms with Crippen LogP contribution in [0.1, 0.15) is 29.9 Å². The lowest BCUT2D eigenvalue weighted by molar-refractivity contribution is -0.128. The molecule has 0 heterocycles. The van der Waals surface area contributed by atoms with Crippen molar-refractivity contribution < 1.29 is 9.53 Å². The Hall–Kier alpha value is -1.83. The molecule has 1 aromatic carbocycles. The lowest BCUT2D eigenvalue weighted by Crippen LogP contribution is -2.08. The minimum absolute atomic E-state index is 0.261. The molecule has 0 N–H and O–H groups in total. The van der Waals surface area contributed by atoms with Gasteiger partial charge in [0.15, 0.2) is 0 Å². The van der Waals surface area contributed by atoms with Crippen LogP contribution in [-0.4, -0.2) is 13.1 Å². The van der Waals surface area contributed by atoms with Gasteiger partial charge in [0.1, 0.15) is 6.61 Å². The second kappa shape index (κ2) is 4.21. The Morgan fingerprint density at radius 3 is 3.12 bits per heavy atom. The highest BCUT2D eigenvalue weighted by molar-refractivity contribution is 5.85. The third-order valence-corrected chi connectivity index (χ3v) is 3.59. The standard InChI is InChI=1S/C15H14O2/c16-10-17-9-15-13-7-3-1-5-11(13)12-6-2-4-8-14(12)15/h1-3,5-7,10,15H,4,8-9H2. The van der Waals surface area contributed by atoms with Crippen LogP contribution in [0.25, 0.3) is 5.57 Å². The monoisotopic (exact) mass is 226 g/mol. The Labute approximate surface area is 101 Å². The van der Waals surface area contributed by atoms with Crippen LogP contribution in [-0.2, 0) is 9.53 Å². The summed E-state index contributed by atoms with van der Waals surface area (Å²) in [6.07, 6.45) is 6.59. The molecule has 0 saturated carbocycles. The van der Waals surface area contributed by atoms with Gasteiger partial charge in [-0.3, -0.25) is 4.79 Å². The lowest BCUT2D eigenvalue weighted by Gasteiger charge is -2.16. The second-order valence-electron chi connectivity index (χ2n) is 4.45. The van der Waals surface area contributed by atoms with Gasteiger partial charge in [0.2, 0.25) is 0 Å². The zero-order valence-corrected chi connectivity index (χ0v) is 9.56. The average molecular weight is 226 g/mol. The molecule has 2 aliphatic rings. The highest BCUT2D eigenvalue weighted by atomic mass is 16.5. The molecule has 0 aromatic heterocycles. The Bertz CT molecular complexity index is 511. The molecule has 0 fully saturated rings. The number of carbonyl (C=O) groups excluding carboxylic acids is 1. The van der Waals surface area contributed by atoms with E-state index in [2.05, 4.69) is 36.4 Å². The van der Waals surface area contributed by atoms with Crippen molar-refractivity contribution in [1.82, 2.24) is 0 Å². The van der Waals surface area contributed by atoms with E-state index in [9.17, 15) is 4.79 Å². The smallest absolute Gasteiger partial charge is 0.293 e. The van der Waals surface area contributed by atoms with E-state index >= 15 is 0 Å². The van der Waals surface area contributed by atoms with E-state index in [4.69, 9.17) is 4.74 Å². The van der Waals surface area contributed by atoms with Crippen LogP contribution in [0, 0.1) is 0 Å². The quantitative estimate of drug-likeness (QED) is 0.740. The summed E-state index contributed by atoms with van der Waals surface area (Å²) in [6.45, 7) is 1.01. The number of carbonyl (C=O) groups is 1. The summed E-state index contributed by atoms with van der Waals surface area (Å²) in [6, 6.07) is 8.41. The first-order valence-corrected chi connectivity index (χ1v) is 5.96. The highest BCUT2D eigenvalue weighted by Crippen LogP contribution is 2.46. The minimum atomic E-state index is 0.261. The molecule has 0 saturated heterocycles. The molecule has 0 spiro atoms. The van der Waals surface area contributed by atoms with Crippen LogP contribution in [0.5, 0.6) is 0 Å². The summed E-state index contributed by atoms with van der Waals surface area (Å²) in [4.78, 5) is 10.4. The van der Waals surface area contributed by atoms with E-state index in [-0.39, 0.29) is 5.92 Å². The minimum Gasteiger partial charge on any atom is -0.467 e. The average Bonchev–Trinajstić information content (AvgIpc) is 2.71. The third-order valence-electron chi connectivity index (χ3n) is 3.59. The molecule has 3 rings (SSSR count). The van der Waals surface area contributed by atoms with Crippen LogP contribution in [0.2, 0.25) is 0 Å². The van der Waals surface area contributed by atoms with Crippen molar-refractivity contribution in [2.24, 2.45) is 0 Å². The second-order valence-corrected chi connectivity index (χ2v) is 4.45. The number of fused-ring (bicyclic) bond motifs is 2. The molecule has 2 aliphatic carbocycles. The van der Waals surface area contributed by atoms with Crippen LogP contribution in [0.3, 0.4) is 0 Å². The SMILES string of the molecule is O=COCC1C2=C(C=CCC2)c2ccccc21. The van der Waals surface area contributed by atoms with Crippen molar-refractivity contribution in [3.63, 3.8) is 0 Å². The predicted molar refractivity (Wildman–Crippen MR) is 66.5 cm³/mol. The van der Waals surface area contributed by atoms with E-state index in [0.29, 0.717) is 13.1 Å². The van der Waals surface area contributed by atoms with Gasteiger partial charge in [-0.05, 0) is 29.5 Å². The first kappa shape index (κ1) is 10.3. The first-order valence-electron chi connectivity index (χ1n) is 5.96. The van der Waals surface area contributed by atoms with Crippen molar-refractivity contribution in [3.05, 3.63) is 53.1 Å². The van der Waals surface area contributed by atoms with Gasteiger partial charge in [0, 0.05) is 5.92 Å². The van der Waals surface area contributed by atoms with Crippen LogP contribution in [0.15, 0.2) is 42.0 Å². The number of benzene rings is 1. The molecule has 1 atom stereocenters. The van der Waals surface area contributed by atoms with Crippen molar-refractivity contribution in [3.8, 4) is 0 Å². The van der Waals surface area contributed by atoms with Gasteiger partial charge in [-0.15, -0.1) is 0 Å². The lowest BCUT2D eigenvalue weighted by atomic mass is 9.91. The van der Waals surface area contributed by atoms with E-state index in [1.807, 2.05) is 0 Å². The molecule has 0 bridgehead atoms. The van der Waals surface area contributed by atoms with E-state index in [1.54, 1.807) is 0 Å². The Kier molecular flexibility index (Phi) is 2.56. The van der Waals surface area contributed by atoms with Gasteiger partial charge in [0.25, 0.3) is 6.47 Å². The number of hydrogen-bond donors (Lipinski definition) is 0. The summed E-state index contributed by atoms with van der Waals surface area (Å²) in [5.74, 6) is 0.261. The van der Waals surface area contributed by atoms with Crippen molar-refractivity contribution in [2.45, 2.75) is 18.8 Å². The molecular formula is C15H14O2. The molecule has 86 valence electrons. The molecular weight excluding hydrogens is 212 g/mol. The summed E-state index contributed by atoms with van der Waals surface area (Å²) in [5, 5.41) is 0. The zero-order valence-electron chi connectivity index (χ0n) is 9.56. The molecule has 2 nitrogen and oxygen atoms in total. The predicted octanol–water partition coefficient (Wildman–Crippen LogP) is 3.06. The normalized spacial score (nSPS) is 21.1. The van der Waals surface area contributed by atoms with Gasteiger partial charge in [-0.25, -0.2) is 0 Å². The third kappa shape index (κ3) is 1.60. The largest absolute Gasteiger partial charge is 0.467 e. The van der Waals surface area contributed by atoms with E-state index in [0.717, 1.165) is 12.8 Å². The number of hydrogen-bond acceptors (Lipinski definition) is 2. The topological polar surface area (TPSA) is 26.3 Å². The Balaban J connectivity index is 2.05. The van der Waals surface area contributed by atoms with Crippen molar-refractivity contribution in [2.75, 3.05) is 6.61 Å². The van der Waals surface area contributed by atoms with Crippen LogP contribution < -0.4 is 0 Å². The molecule has 17 heavy (non-hydrogen) atoms. The van der Waals surface area contributed by atoms with Gasteiger partial charge < -0.3 is 4.74 Å². The van der Waals surface area contributed by atoms with Gasteiger partial charge in [-0.1, -0.05) is 42.0 Å². The molecule has 0 amide bonds. The molecule has 2 heteroatoms. The van der Waals surface area contributed by atoms with Crippen molar-refractivity contribution >= 4 is 12.0 Å². The van der Waals surface area contributed by atoms with Gasteiger partial charge >= 0.3 is 0 Å². The molecule has 0 aliphatic heterocycles. The number of rotatable bonds is 3. The number of allylic oxidation sites excluding steroid dienone is 3. The fraction of sp³-hybridized carbons (Fsp3) is 0.267. The maximum absolute atomic E-state index is 10.4. The highest BCUT2D eigenvalue weighted by Gasteiger charge is 2.30. The maximum atomic E-state index is 10.4. The Morgan fingerprint density at radius 1 is 1.35 bits per heavy atom. The molecule has 1 aromatic rings. The Morgan fingerprint density at radius 2 is 2.24 bits per heavy atom. The van der Waals surface area contributed by atoms with Crippen LogP contribution >= 0.6 is 0 Å². The first-order chi connectivity index (χ1) is 8.42. The fourth-order valence-corrected chi connectivity index (χ4v) is 2.87. The summed E-state index contributed by atoms with van der Waals surface area (Å²) >= 11 is 0.